The molecule has 5 atom stereocenters. The van der Waals surface area contributed by atoms with E-state index in [-0.39, 0.29) is 36.2 Å². The monoisotopic (exact) mass is 628 g/mol. The van der Waals surface area contributed by atoms with Gasteiger partial charge in [0.25, 0.3) is 17.7 Å². The van der Waals surface area contributed by atoms with Crippen LogP contribution in [0.3, 0.4) is 0 Å². The Bertz CT molecular complexity index is 1610. The zero-order valence-corrected chi connectivity index (χ0v) is 24.5. The first-order valence-corrected chi connectivity index (χ1v) is 15.4. The number of piperidine rings is 1. The van der Waals surface area contributed by atoms with Gasteiger partial charge >= 0.3 is 6.18 Å². The number of nitriles is 1. The van der Waals surface area contributed by atoms with E-state index in [2.05, 4.69) is 11.4 Å². The topological polar surface area (TPSA) is 121 Å². The lowest BCUT2D eigenvalue weighted by molar-refractivity contribution is -0.140. The van der Waals surface area contributed by atoms with Crippen molar-refractivity contribution in [1.82, 2.24) is 20.0 Å². The molecule has 45 heavy (non-hydrogen) atoms. The summed E-state index contributed by atoms with van der Waals surface area (Å²) in [6.07, 6.45) is -1.03. The molecule has 4 heterocycles. The summed E-state index contributed by atoms with van der Waals surface area (Å²) in [5.74, 6) is -3.91. The molecule has 2 aliphatic carbocycles. The lowest BCUT2D eigenvalue weighted by Gasteiger charge is -2.39. The Balaban J connectivity index is 1.34. The van der Waals surface area contributed by atoms with Gasteiger partial charge in [-0.2, -0.15) is 23.5 Å². The Hall–Kier alpha value is -3.99. The fourth-order valence-electron chi connectivity index (χ4n) is 7.50. The van der Waals surface area contributed by atoms with E-state index in [9.17, 15) is 32.8 Å². The number of hydrogen-bond donors (Lipinski definition) is 1. The smallest absolute Gasteiger partial charge is 0.381 e. The van der Waals surface area contributed by atoms with Crippen LogP contribution in [0.4, 0.5) is 23.4 Å². The highest BCUT2D eigenvalue weighted by atomic mass is 19.4. The molecule has 7 rings (SSSR count). The first-order valence-electron chi connectivity index (χ1n) is 15.4. The lowest BCUT2D eigenvalue weighted by Crippen LogP contribution is -2.56. The van der Waals surface area contributed by atoms with Crippen LogP contribution in [0.25, 0.3) is 0 Å². The predicted molar refractivity (Wildman–Crippen MR) is 150 cm³/mol. The minimum Gasteiger partial charge on any atom is -0.381 e. The standard InChI is InChI=1S/C31H32F4N6O4/c1-2-39-28-23(26(38-41(28)17-8-10-45-11-9-17)30(44)40-18(14-36)12-16-13-21(16)40)22(15-6-7-15)25(29(39)43)37-27(42)19-4-3-5-20(24(19)32)31(33,34)35/h3-5,15-18,21-22,25H,2,6-13H2,1H3,(H,37,42)/t16-,18-,21+,22-,25-/m0/s1. The van der Waals surface area contributed by atoms with Crippen LogP contribution in [0.2, 0.25) is 0 Å². The number of nitrogens with zero attached hydrogens (tertiary/aromatic N) is 5. The van der Waals surface area contributed by atoms with Gasteiger partial charge in [0, 0.05) is 37.3 Å². The molecule has 2 aromatic rings. The summed E-state index contributed by atoms with van der Waals surface area (Å²) >= 11 is 0. The number of aromatic nitrogens is 2. The molecule has 1 aromatic carbocycles. The number of fused-ring (bicyclic) bond motifs is 2. The van der Waals surface area contributed by atoms with Gasteiger partial charge in [-0.3, -0.25) is 19.3 Å². The van der Waals surface area contributed by atoms with E-state index in [0.717, 1.165) is 18.6 Å². The second-order valence-corrected chi connectivity index (χ2v) is 12.6. The number of ether oxygens (including phenoxy) is 1. The number of likely N-dealkylation sites (tertiary alicyclic amines) is 1. The molecule has 5 aliphatic rings. The SMILES string of the molecule is CCN1C(=O)[C@@H](NC(=O)c2cccc(C(F)(F)F)c2F)[C@@H](C2CC2)c2c(C(=O)N3[C@H](C#N)C[C@H]4C[C@H]43)nn(C3CCOCC3)c21. The second kappa shape index (κ2) is 10.8. The minimum atomic E-state index is -5.02. The summed E-state index contributed by atoms with van der Waals surface area (Å²) in [4.78, 5) is 45.0. The van der Waals surface area contributed by atoms with Crippen molar-refractivity contribution in [3.8, 4) is 6.07 Å². The minimum absolute atomic E-state index is 0.0581. The number of halogens is 4. The van der Waals surface area contributed by atoms with Crippen LogP contribution in [0.15, 0.2) is 18.2 Å². The molecule has 4 fully saturated rings. The van der Waals surface area contributed by atoms with Crippen LogP contribution in [0.5, 0.6) is 0 Å². The number of likely N-dealkylation sites (N-methyl/N-ethyl adjacent to an activating group) is 1. The average Bonchev–Trinajstić information content (AvgIpc) is 3.94. The Kier molecular flexibility index (Phi) is 7.14. The zero-order chi connectivity index (χ0) is 31.8. The van der Waals surface area contributed by atoms with Gasteiger partial charge in [-0.1, -0.05) is 6.07 Å². The molecule has 10 nitrogen and oxygen atoms in total. The predicted octanol–water partition coefficient (Wildman–Crippen LogP) is 4.18. The first kappa shape index (κ1) is 29.7. The van der Waals surface area contributed by atoms with Crippen molar-refractivity contribution in [1.29, 1.82) is 5.26 Å². The highest BCUT2D eigenvalue weighted by Crippen LogP contribution is 2.53. The van der Waals surface area contributed by atoms with Crippen molar-refractivity contribution in [2.45, 2.75) is 81.7 Å². The highest BCUT2D eigenvalue weighted by molar-refractivity contribution is 6.07. The molecule has 2 saturated carbocycles. The van der Waals surface area contributed by atoms with Crippen LogP contribution in [-0.4, -0.2) is 70.3 Å². The molecule has 1 N–H and O–H groups in total. The van der Waals surface area contributed by atoms with Crippen molar-refractivity contribution in [2.75, 3.05) is 24.7 Å². The molecular weight excluding hydrogens is 596 g/mol. The molecule has 0 spiro atoms. The molecule has 1 aromatic heterocycles. The van der Waals surface area contributed by atoms with Gasteiger partial charge in [0.2, 0.25) is 0 Å². The molecule has 238 valence electrons. The van der Waals surface area contributed by atoms with Crippen LogP contribution < -0.4 is 10.2 Å². The summed E-state index contributed by atoms with van der Waals surface area (Å²) in [5.41, 5.74) is -1.80. The van der Waals surface area contributed by atoms with Crippen LogP contribution >= 0.6 is 0 Å². The Morgan fingerprint density at radius 3 is 2.51 bits per heavy atom. The molecule has 0 unspecified atom stereocenters. The fraction of sp³-hybridized carbons (Fsp3) is 0.581. The zero-order valence-electron chi connectivity index (χ0n) is 24.5. The van der Waals surface area contributed by atoms with Crippen LogP contribution in [0, 0.1) is 29.0 Å². The van der Waals surface area contributed by atoms with Gasteiger partial charge < -0.3 is 15.0 Å². The van der Waals surface area contributed by atoms with Crippen molar-refractivity contribution < 1.29 is 36.7 Å². The average molecular weight is 629 g/mol. The molecule has 0 bridgehead atoms. The number of nitrogens with one attached hydrogen (secondary N) is 1. The molecular formula is C31H32F4N6O4. The molecule has 2 saturated heterocycles. The van der Waals surface area contributed by atoms with E-state index >= 15 is 4.39 Å². The van der Waals surface area contributed by atoms with Gasteiger partial charge in [0.1, 0.15) is 23.7 Å². The number of carbonyl (C=O) groups is 3. The largest absolute Gasteiger partial charge is 0.419 e. The highest BCUT2D eigenvalue weighted by Gasteiger charge is 2.57. The number of benzene rings is 1. The summed E-state index contributed by atoms with van der Waals surface area (Å²) in [5, 5.41) is 17.3. The van der Waals surface area contributed by atoms with E-state index in [0.29, 0.717) is 62.8 Å². The summed E-state index contributed by atoms with van der Waals surface area (Å²) in [6.45, 7) is 2.85. The molecule has 14 heteroatoms. The van der Waals surface area contributed by atoms with Crippen molar-refractivity contribution in [3.63, 3.8) is 0 Å². The van der Waals surface area contributed by atoms with Gasteiger partial charge in [0.05, 0.1) is 23.2 Å². The fourth-order valence-corrected chi connectivity index (χ4v) is 7.50. The Morgan fingerprint density at radius 2 is 1.87 bits per heavy atom. The number of anilines is 1. The van der Waals surface area contributed by atoms with Crippen molar-refractivity contribution in [3.05, 3.63) is 46.4 Å². The van der Waals surface area contributed by atoms with Gasteiger partial charge in [-0.25, -0.2) is 9.07 Å². The normalized spacial score (nSPS) is 28.0. The lowest BCUT2D eigenvalue weighted by atomic mass is 9.82. The number of amides is 3. The third kappa shape index (κ3) is 4.86. The van der Waals surface area contributed by atoms with E-state index in [4.69, 9.17) is 9.84 Å². The van der Waals surface area contributed by atoms with E-state index in [1.165, 1.54) is 4.90 Å². The molecule has 3 aliphatic heterocycles. The van der Waals surface area contributed by atoms with Crippen LogP contribution in [0.1, 0.15) is 89.4 Å². The third-order valence-corrected chi connectivity index (χ3v) is 9.91. The van der Waals surface area contributed by atoms with E-state index in [1.54, 1.807) is 16.5 Å². The van der Waals surface area contributed by atoms with Gasteiger partial charge in [-0.15, -0.1) is 0 Å². The van der Waals surface area contributed by atoms with Crippen molar-refractivity contribution in [2.24, 2.45) is 11.8 Å². The number of carbonyl (C=O) groups excluding carboxylic acids is 3. The maximum atomic E-state index is 15.0. The summed E-state index contributed by atoms with van der Waals surface area (Å²) in [6, 6.07) is 2.58. The molecule has 0 radical (unpaired) electrons. The van der Waals surface area contributed by atoms with Crippen molar-refractivity contribution >= 4 is 23.5 Å². The summed E-state index contributed by atoms with van der Waals surface area (Å²) < 4.78 is 62.6. The van der Waals surface area contributed by atoms with Gasteiger partial charge in [0.15, 0.2) is 5.69 Å². The van der Waals surface area contributed by atoms with E-state index in [1.807, 2.05) is 0 Å². The number of alkyl halides is 3. The Morgan fingerprint density at radius 1 is 1.13 bits per heavy atom. The first-order chi connectivity index (χ1) is 21.5. The maximum Gasteiger partial charge on any atom is 0.419 e. The van der Waals surface area contributed by atoms with Crippen LogP contribution in [-0.2, 0) is 15.7 Å². The number of rotatable bonds is 6. The maximum absolute atomic E-state index is 15.0. The second-order valence-electron chi connectivity index (χ2n) is 12.6. The number of hydrogen-bond acceptors (Lipinski definition) is 6. The quantitative estimate of drug-likeness (QED) is 0.480. The Labute approximate surface area is 256 Å². The van der Waals surface area contributed by atoms with Gasteiger partial charge in [-0.05, 0) is 69.4 Å². The van der Waals surface area contributed by atoms with E-state index < -0.39 is 58.8 Å². The third-order valence-electron chi connectivity index (χ3n) is 9.91. The molecule has 3 amide bonds. The summed E-state index contributed by atoms with van der Waals surface area (Å²) in [7, 11) is 0.